The number of terminal acetylenes is 2. The molecule has 5 amide bonds. The molecule has 1 aliphatic rings. The van der Waals surface area contributed by atoms with E-state index in [0.29, 0.717) is 0 Å². The number of carbonyl (C=O) groups excluding carboxylic acids is 16. The van der Waals surface area contributed by atoms with E-state index in [1.807, 2.05) is 139 Å². The maximum atomic E-state index is 12.6. The molecule has 0 fully saturated rings. The molecule has 7 rings (SSSR count). The van der Waals surface area contributed by atoms with Crippen LogP contribution in [-0.4, -0.2) is 128 Å². The number of nitrogen functional groups attached to an aromatic ring is 1. The van der Waals surface area contributed by atoms with Crippen molar-refractivity contribution in [2.75, 3.05) is 12.3 Å². The highest BCUT2D eigenvalue weighted by atomic mass is 127. The van der Waals surface area contributed by atoms with E-state index in [4.69, 9.17) is 71.1 Å². The van der Waals surface area contributed by atoms with Gasteiger partial charge in [-0.3, -0.25) is 24.0 Å². The lowest BCUT2D eigenvalue weighted by Gasteiger charge is -2.26. The van der Waals surface area contributed by atoms with Crippen LogP contribution < -0.4 is 32.3 Å². The highest BCUT2D eigenvalue weighted by Crippen LogP contribution is 2.44. The minimum Gasteiger partial charge on any atom is -0.449 e. The molecular formula is C86H105I3N6O19Si. The normalized spacial score (nSPS) is 11.8. The van der Waals surface area contributed by atoms with E-state index in [1.54, 1.807) is 68.4 Å². The summed E-state index contributed by atoms with van der Waals surface area (Å²) in [5.74, 6) is 1.16. The Morgan fingerprint density at radius 1 is 0.452 bits per heavy atom. The maximum absolute atomic E-state index is 12.6. The third-order valence-electron chi connectivity index (χ3n) is 15.7. The average molecular weight is 1940 g/mol. The number of anilines is 1. The predicted molar refractivity (Wildman–Crippen MR) is 462 cm³/mol. The predicted octanol–water partition coefficient (Wildman–Crippen LogP) is 13.9. The molecule has 0 radical (unpaired) electrons. The fourth-order valence-electron chi connectivity index (χ4n) is 9.97. The first-order valence-corrected chi connectivity index (χ1v) is 42.6. The van der Waals surface area contributed by atoms with E-state index < -0.39 is 79.6 Å². The molecule has 6 aromatic carbocycles. The molecule has 0 aliphatic heterocycles. The SMILES string of the molecule is C#C[Si](C)(C)C.C#Cc1ccc(CC(=O)[C@H](C)NC(=O)[C@@H](NC(=O)OC(C)(C)C)C(C)C)cc1C.Cc1cc(CC(=O)[C@H](C)NC(=O)OCC2c3ccccc3-c3ccccc32)ccc1I.Cc1cc(CC(=O)[C@H](C)NC(=O)[C@@H](NC(=O)OC(C)(C)C)C(C)C)ccc1I.Cc1cc(N)ccc1I.O=C=O.O=C=O.O=C=O.O=C=O. The van der Waals surface area contributed by atoms with Crippen molar-refractivity contribution in [2.24, 2.45) is 11.8 Å². The number of benzene rings is 6. The van der Waals surface area contributed by atoms with Crippen molar-refractivity contribution >= 4 is 154 Å². The van der Waals surface area contributed by atoms with Gasteiger partial charge in [0.1, 0.15) is 38.0 Å². The molecule has 7 N–H and O–H groups in total. The van der Waals surface area contributed by atoms with Crippen molar-refractivity contribution in [1.29, 1.82) is 0 Å². The van der Waals surface area contributed by atoms with Crippen LogP contribution in [0.15, 0.2) is 121 Å². The number of carbonyl (C=O) groups is 8. The average Bonchev–Trinajstić information content (AvgIpc) is 1.62. The van der Waals surface area contributed by atoms with Crippen LogP contribution in [0.3, 0.4) is 0 Å². The zero-order chi connectivity index (χ0) is 88.8. The van der Waals surface area contributed by atoms with Gasteiger partial charge in [0.15, 0.2) is 17.3 Å². The number of hydrogen-bond donors (Lipinski definition) is 6. The monoisotopic (exact) mass is 1930 g/mol. The van der Waals surface area contributed by atoms with Gasteiger partial charge in [0, 0.05) is 47.1 Å². The third kappa shape index (κ3) is 44.4. The Kier molecular flexibility index (Phi) is 50.8. The molecule has 0 saturated carbocycles. The van der Waals surface area contributed by atoms with Crippen LogP contribution in [0.25, 0.3) is 11.1 Å². The molecule has 0 saturated heterocycles. The number of alkyl carbamates (subject to hydrolysis) is 3. The molecule has 29 heteroatoms. The number of amides is 5. The van der Waals surface area contributed by atoms with Gasteiger partial charge in [-0.05, 0) is 267 Å². The van der Waals surface area contributed by atoms with Crippen molar-refractivity contribution in [3.63, 3.8) is 0 Å². The minimum absolute atomic E-state index is 0.000996. The van der Waals surface area contributed by atoms with Crippen molar-refractivity contribution in [1.82, 2.24) is 26.6 Å². The number of ether oxygens (including phenoxy) is 3. The summed E-state index contributed by atoms with van der Waals surface area (Å²) >= 11 is 6.80. The Morgan fingerprint density at radius 2 is 0.757 bits per heavy atom. The molecule has 0 spiro atoms. The van der Waals surface area contributed by atoms with Crippen LogP contribution in [-0.2, 0) is 95.8 Å². The van der Waals surface area contributed by atoms with Gasteiger partial charge in [0.25, 0.3) is 0 Å². The summed E-state index contributed by atoms with van der Waals surface area (Å²) in [7, 11) is -1.10. The van der Waals surface area contributed by atoms with E-state index in [1.165, 1.54) is 23.8 Å². The number of rotatable bonds is 20. The molecule has 115 heavy (non-hydrogen) atoms. The summed E-state index contributed by atoms with van der Waals surface area (Å²) in [4.78, 5) is 164. The van der Waals surface area contributed by atoms with Crippen LogP contribution in [0.4, 0.5) is 20.1 Å². The molecule has 0 unspecified atom stereocenters. The fraction of sp³-hybridized carbons (Fsp3) is 0.395. The molecule has 6 aromatic rings. The molecule has 0 heterocycles. The standard InChI is InChI=1S/C26H24INO3.C23H32N2O4.C21H31IN2O4.C7H8IN.C5H10Si.4CO2/c1-16-13-18(11-12-24(16)27)14-25(29)17(2)28-26(30)31-15-23-21-9-5-3-7-19(21)20-8-4-6-10-22(20)23;1-9-18-11-10-17(12-15(18)4)13-19(26)16(5)24-21(27)20(14(2)3)25-22(28)29-23(6,7)8;1-12(2)18(24-20(27)28-21(5,6)7)19(26)23-14(4)17(25)11-15-8-9-16(22)13(3)10-15;1-5-4-6(9)2-3-7(5)8;1-5-6(2,3)4;4*2-1-3/h3-13,17,23H,14-15H2,1-2H3,(H,28,30);1,10-12,14,16,20H,13H2,2-8H3,(H,24,27)(H,25,28);8-10,12,14,18H,11H2,1-7H3,(H,23,26)(H,24,27);2-4H,9H2,1H3;1H,2-4H3;;;;/t17-;16-,20-;14-,18-;;;;;;/m000....../s1. The van der Waals surface area contributed by atoms with Crippen LogP contribution in [0.5, 0.6) is 0 Å². The second-order valence-electron chi connectivity index (χ2n) is 29.5. The summed E-state index contributed by atoms with van der Waals surface area (Å²) in [6.07, 6.45) is 10.3. The molecule has 0 bridgehead atoms. The zero-order valence-electron chi connectivity index (χ0n) is 68.6. The van der Waals surface area contributed by atoms with E-state index in [9.17, 15) is 38.4 Å². The first-order valence-electron chi connectivity index (χ1n) is 35.8. The number of Topliss-reactive ketones (excluding diaryl/α,β-unsaturated/α-hetero) is 3. The van der Waals surface area contributed by atoms with Crippen molar-refractivity contribution in [3.05, 3.63) is 188 Å². The fourth-order valence-corrected chi connectivity index (χ4v) is 11.0. The Morgan fingerprint density at radius 3 is 1.04 bits per heavy atom. The number of hydrogen-bond acceptors (Lipinski definition) is 20. The molecule has 1 aliphatic carbocycles. The highest BCUT2D eigenvalue weighted by Gasteiger charge is 2.33. The summed E-state index contributed by atoms with van der Waals surface area (Å²) in [6, 6.07) is 36.1. The summed E-state index contributed by atoms with van der Waals surface area (Å²) in [5, 5.41) is 13.3. The van der Waals surface area contributed by atoms with Crippen molar-refractivity contribution in [3.8, 4) is 35.4 Å². The Hall–Kier alpha value is -10.1. The van der Waals surface area contributed by atoms with E-state index in [-0.39, 0.29) is 85.6 Å². The van der Waals surface area contributed by atoms with Crippen LogP contribution in [0.2, 0.25) is 19.6 Å². The summed E-state index contributed by atoms with van der Waals surface area (Å²) in [6.45, 7) is 37.4. The first kappa shape index (κ1) is 107. The van der Waals surface area contributed by atoms with Gasteiger partial charge >= 0.3 is 42.9 Å². The number of nitrogens with two attached hydrogens (primary N) is 1. The van der Waals surface area contributed by atoms with Crippen molar-refractivity contribution < 1.29 is 90.9 Å². The third-order valence-corrected chi connectivity index (χ3v) is 20.2. The van der Waals surface area contributed by atoms with Crippen LogP contribution in [0, 0.1) is 74.6 Å². The topological polar surface area (TPSA) is 387 Å². The second kappa shape index (κ2) is 54.7. The van der Waals surface area contributed by atoms with Gasteiger partial charge < -0.3 is 46.5 Å². The van der Waals surface area contributed by atoms with E-state index in [2.05, 4.69) is 157 Å². The smallest absolute Gasteiger partial charge is 0.408 e. The van der Waals surface area contributed by atoms with Gasteiger partial charge in [-0.25, -0.2) is 14.4 Å². The number of fused-ring (bicyclic) bond motifs is 3. The Bertz CT molecular complexity index is 4370. The lowest BCUT2D eigenvalue weighted by molar-refractivity contribution is -0.193. The molecule has 5 atom stereocenters. The highest BCUT2D eigenvalue weighted by molar-refractivity contribution is 14.1. The molecule has 25 nitrogen and oxygen atoms in total. The molecular weight excluding hydrogens is 1830 g/mol. The van der Waals surface area contributed by atoms with Crippen LogP contribution >= 0.6 is 67.8 Å². The second-order valence-corrected chi connectivity index (χ2v) is 37.8. The van der Waals surface area contributed by atoms with Crippen LogP contribution in [0.1, 0.15) is 152 Å². The summed E-state index contributed by atoms with van der Waals surface area (Å²) < 4.78 is 19.6. The van der Waals surface area contributed by atoms with Gasteiger partial charge in [0.05, 0.1) is 18.1 Å². The maximum Gasteiger partial charge on any atom is 0.408 e. The van der Waals surface area contributed by atoms with Gasteiger partial charge in [0.2, 0.25) is 11.8 Å². The first-order chi connectivity index (χ1) is 53.5. The largest absolute Gasteiger partial charge is 0.449 e. The van der Waals surface area contributed by atoms with Gasteiger partial charge in [-0.15, -0.1) is 18.4 Å². The number of nitrogens with one attached hydrogen (secondary N) is 5. The number of ketones is 3. The van der Waals surface area contributed by atoms with Gasteiger partial charge in [-0.1, -0.05) is 138 Å². The Labute approximate surface area is 716 Å². The zero-order valence-corrected chi connectivity index (χ0v) is 76.1. The van der Waals surface area contributed by atoms with Crippen molar-refractivity contribution in [2.45, 2.75) is 204 Å². The number of aryl methyl sites for hydroxylation is 4. The van der Waals surface area contributed by atoms with Gasteiger partial charge in [-0.2, -0.15) is 38.4 Å². The minimum atomic E-state index is -1.10. The quantitative estimate of drug-likeness (QED) is 0.0136. The molecule has 0 aromatic heterocycles. The lowest BCUT2D eigenvalue weighted by Crippen LogP contribution is -2.53. The number of halogens is 3. The lowest BCUT2D eigenvalue weighted by atomic mass is 9.98. The van der Waals surface area contributed by atoms with E-state index >= 15 is 0 Å². The molecule has 618 valence electrons. The Balaban J connectivity index is 0. The summed E-state index contributed by atoms with van der Waals surface area (Å²) in [5.41, 5.74) is 20.4. The van der Waals surface area contributed by atoms with E-state index in [0.717, 1.165) is 59.3 Å².